The van der Waals surface area contributed by atoms with Crippen LogP contribution in [0.4, 0.5) is 0 Å². The molecule has 1 aliphatic rings. The van der Waals surface area contributed by atoms with E-state index in [1.807, 2.05) is 0 Å². The molecule has 0 amide bonds. The van der Waals surface area contributed by atoms with Crippen LogP contribution in [0.25, 0.3) is 0 Å². The highest BCUT2D eigenvalue weighted by molar-refractivity contribution is 4.87. The van der Waals surface area contributed by atoms with E-state index in [-0.39, 0.29) is 0 Å². The highest BCUT2D eigenvalue weighted by Crippen LogP contribution is 2.31. The summed E-state index contributed by atoms with van der Waals surface area (Å²) in [5, 5.41) is 0. The summed E-state index contributed by atoms with van der Waals surface area (Å²) < 4.78 is 5.63. The average Bonchev–Trinajstić information content (AvgIpc) is 2.97. The molecule has 0 aliphatic carbocycles. The first-order valence-electron chi connectivity index (χ1n) is 6.03. The van der Waals surface area contributed by atoms with E-state index in [0.29, 0.717) is 18.4 Å². The van der Waals surface area contributed by atoms with Gasteiger partial charge < -0.3 is 4.74 Å². The van der Waals surface area contributed by atoms with Crippen molar-refractivity contribution in [3.8, 4) is 0 Å². The van der Waals surface area contributed by atoms with E-state index >= 15 is 0 Å². The monoisotopic (exact) mass is 199 g/mol. The van der Waals surface area contributed by atoms with E-state index in [4.69, 9.17) is 4.74 Å². The molecule has 0 saturated carbocycles. The molecule has 2 nitrogen and oxygen atoms in total. The third kappa shape index (κ3) is 2.48. The summed E-state index contributed by atoms with van der Waals surface area (Å²) in [7, 11) is 2.21. The van der Waals surface area contributed by atoms with E-state index in [2.05, 4.69) is 39.6 Å². The maximum Gasteiger partial charge on any atom is 0.137 e. The summed E-state index contributed by atoms with van der Waals surface area (Å²) >= 11 is 0. The van der Waals surface area contributed by atoms with Gasteiger partial charge in [-0.1, -0.05) is 34.1 Å². The SMILES string of the molecule is CCC(C)C(CC)N(C)C1OC1CC. The molecule has 0 aromatic rings. The molecule has 1 saturated heterocycles. The van der Waals surface area contributed by atoms with Gasteiger partial charge in [0.25, 0.3) is 0 Å². The lowest BCUT2D eigenvalue weighted by Gasteiger charge is -2.30. The van der Waals surface area contributed by atoms with Gasteiger partial charge in [-0.05, 0) is 25.8 Å². The average molecular weight is 199 g/mol. The van der Waals surface area contributed by atoms with Crippen LogP contribution in [0.3, 0.4) is 0 Å². The summed E-state index contributed by atoms with van der Waals surface area (Å²) in [5.41, 5.74) is 0. The molecule has 0 aromatic carbocycles. The van der Waals surface area contributed by atoms with E-state index in [0.717, 1.165) is 12.3 Å². The van der Waals surface area contributed by atoms with Crippen LogP contribution in [0.2, 0.25) is 0 Å². The van der Waals surface area contributed by atoms with Crippen molar-refractivity contribution < 1.29 is 4.74 Å². The molecule has 84 valence electrons. The third-order valence-electron chi connectivity index (χ3n) is 3.60. The highest BCUT2D eigenvalue weighted by Gasteiger charge is 2.43. The van der Waals surface area contributed by atoms with Crippen molar-refractivity contribution in [2.75, 3.05) is 7.05 Å². The Kier molecular flexibility index (Phi) is 4.39. The Morgan fingerprint density at radius 2 is 1.86 bits per heavy atom. The van der Waals surface area contributed by atoms with Gasteiger partial charge in [-0.3, -0.25) is 4.90 Å². The quantitative estimate of drug-likeness (QED) is 0.611. The van der Waals surface area contributed by atoms with Crippen molar-refractivity contribution in [2.24, 2.45) is 5.92 Å². The Morgan fingerprint density at radius 3 is 2.21 bits per heavy atom. The Bertz CT molecular complexity index is 172. The number of nitrogens with zero attached hydrogens (tertiary/aromatic N) is 1. The lowest BCUT2D eigenvalue weighted by atomic mass is 9.95. The summed E-state index contributed by atoms with van der Waals surface area (Å²) in [6.07, 6.45) is 4.53. The van der Waals surface area contributed by atoms with Crippen LogP contribution < -0.4 is 0 Å². The maximum absolute atomic E-state index is 5.63. The van der Waals surface area contributed by atoms with Crippen molar-refractivity contribution in [1.82, 2.24) is 4.90 Å². The second-order valence-electron chi connectivity index (χ2n) is 4.50. The molecule has 2 heteroatoms. The summed E-state index contributed by atoms with van der Waals surface area (Å²) in [4.78, 5) is 2.43. The van der Waals surface area contributed by atoms with Gasteiger partial charge in [-0.25, -0.2) is 0 Å². The lowest BCUT2D eigenvalue weighted by molar-refractivity contribution is 0.114. The zero-order valence-electron chi connectivity index (χ0n) is 10.3. The van der Waals surface area contributed by atoms with Gasteiger partial charge in [0.2, 0.25) is 0 Å². The summed E-state index contributed by atoms with van der Waals surface area (Å²) in [6, 6.07) is 0.682. The van der Waals surface area contributed by atoms with Crippen LogP contribution in [0.15, 0.2) is 0 Å². The Hall–Kier alpha value is -0.0800. The molecule has 4 unspecified atom stereocenters. The first-order chi connectivity index (χ1) is 6.65. The van der Waals surface area contributed by atoms with Gasteiger partial charge in [0, 0.05) is 6.04 Å². The van der Waals surface area contributed by atoms with Gasteiger partial charge in [-0.15, -0.1) is 0 Å². The fourth-order valence-corrected chi connectivity index (χ4v) is 2.34. The van der Waals surface area contributed by atoms with Gasteiger partial charge in [0.15, 0.2) is 0 Å². The number of likely N-dealkylation sites (N-methyl/N-ethyl adjacent to an activating group) is 1. The van der Waals surface area contributed by atoms with Crippen LogP contribution in [-0.2, 0) is 4.74 Å². The molecule has 1 rings (SSSR count). The van der Waals surface area contributed by atoms with Gasteiger partial charge >= 0.3 is 0 Å². The van der Waals surface area contributed by atoms with Gasteiger partial charge in [-0.2, -0.15) is 0 Å². The second-order valence-corrected chi connectivity index (χ2v) is 4.50. The first-order valence-corrected chi connectivity index (χ1v) is 6.03. The zero-order chi connectivity index (χ0) is 10.7. The van der Waals surface area contributed by atoms with Crippen molar-refractivity contribution >= 4 is 0 Å². The number of hydrogen-bond acceptors (Lipinski definition) is 2. The fourth-order valence-electron chi connectivity index (χ4n) is 2.34. The molecule has 0 spiro atoms. The van der Waals surface area contributed by atoms with Crippen molar-refractivity contribution in [1.29, 1.82) is 0 Å². The standard InChI is InChI=1S/C12H25NO/c1-6-9(4)10(7-2)13(5)12-11(8-3)14-12/h9-12H,6-8H2,1-5H3. The first kappa shape index (κ1) is 12.0. The predicted molar refractivity (Wildman–Crippen MR) is 60.2 cm³/mol. The van der Waals surface area contributed by atoms with E-state index < -0.39 is 0 Å². The van der Waals surface area contributed by atoms with Gasteiger partial charge in [0.05, 0.1) is 6.10 Å². The van der Waals surface area contributed by atoms with Crippen molar-refractivity contribution in [3.05, 3.63) is 0 Å². The highest BCUT2D eigenvalue weighted by atomic mass is 16.6. The topological polar surface area (TPSA) is 15.8 Å². The Morgan fingerprint density at radius 1 is 1.21 bits per heavy atom. The molecule has 0 radical (unpaired) electrons. The number of hydrogen-bond donors (Lipinski definition) is 0. The molecule has 0 bridgehead atoms. The van der Waals surface area contributed by atoms with E-state index in [1.54, 1.807) is 0 Å². The van der Waals surface area contributed by atoms with E-state index in [1.165, 1.54) is 12.8 Å². The largest absolute Gasteiger partial charge is 0.353 e. The normalized spacial score (nSPS) is 30.4. The molecular formula is C12H25NO. The van der Waals surface area contributed by atoms with Gasteiger partial charge in [0.1, 0.15) is 6.23 Å². The summed E-state index contributed by atoms with van der Waals surface area (Å²) in [5.74, 6) is 0.770. The molecule has 0 N–H and O–H groups in total. The smallest absolute Gasteiger partial charge is 0.137 e. The van der Waals surface area contributed by atoms with Crippen LogP contribution in [0, 0.1) is 5.92 Å². The number of ether oxygens (including phenoxy) is 1. The fraction of sp³-hybridized carbons (Fsp3) is 1.00. The summed E-state index contributed by atoms with van der Waals surface area (Å²) in [6.45, 7) is 9.08. The minimum atomic E-state index is 0.402. The number of rotatable bonds is 6. The number of epoxide rings is 1. The van der Waals surface area contributed by atoms with Crippen LogP contribution in [0.5, 0.6) is 0 Å². The predicted octanol–water partition coefficient (Wildman–Crippen LogP) is 2.88. The molecule has 1 aliphatic heterocycles. The van der Waals surface area contributed by atoms with Crippen molar-refractivity contribution in [3.63, 3.8) is 0 Å². The Balaban J connectivity index is 2.44. The molecule has 0 aromatic heterocycles. The molecular weight excluding hydrogens is 174 g/mol. The minimum absolute atomic E-state index is 0.402. The zero-order valence-corrected chi connectivity index (χ0v) is 10.3. The lowest BCUT2D eigenvalue weighted by Crippen LogP contribution is -2.39. The molecule has 14 heavy (non-hydrogen) atoms. The molecule has 4 atom stereocenters. The molecule has 1 heterocycles. The maximum atomic E-state index is 5.63. The second kappa shape index (κ2) is 5.13. The van der Waals surface area contributed by atoms with E-state index in [9.17, 15) is 0 Å². The van der Waals surface area contributed by atoms with Crippen LogP contribution in [0.1, 0.15) is 47.0 Å². The third-order valence-corrected chi connectivity index (χ3v) is 3.60. The minimum Gasteiger partial charge on any atom is -0.353 e. The molecule has 1 fully saturated rings. The Labute approximate surface area is 88.6 Å². The van der Waals surface area contributed by atoms with Crippen LogP contribution in [-0.4, -0.2) is 30.3 Å². The van der Waals surface area contributed by atoms with Crippen molar-refractivity contribution in [2.45, 2.75) is 65.3 Å². The van der Waals surface area contributed by atoms with Crippen LogP contribution >= 0.6 is 0 Å².